The van der Waals surface area contributed by atoms with Crippen LogP contribution in [0.25, 0.3) is 0 Å². The summed E-state index contributed by atoms with van der Waals surface area (Å²) >= 11 is 0. The second kappa shape index (κ2) is 7.47. The lowest BCUT2D eigenvalue weighted by Gasteiger charge is -2.48. The van der Waals surface area contributed by atoms with E-state index in [9.17, 15) is 15.2 Å². The average molecular weight is 368 g/mol. The predicted molar refractivity (Wildman–Crippen MR) is 102 cm³/mol. The Hall–Kier alpha value is -2.13. The molecule has 0 radical (unpaired) electrons. The number of β-amino-alcohol motifs (C(OH)–C–C–N with tert-alkyl or cyclic N) is 1. The number of carbonyl (C=O) groups excluding carboxylic acids is 1. The van der Waals surface area contributed by atoms with Crippen LogP contribution in [0.15, 0.2) is 6.07 Å². The maximum Gasteiger partial charge on any atom is 0.222 e. The van der Waals surface area contributed by atoms with E-state index in [1.165, 1.54) is 18.4 Å². The highest BCUT2D eigenvalue weighted by Crippen LogP contribution is 2.40. The van der Waals surface area contributed by atoms with Gasteiger partial charge in [0, 0.05) is 43.7 Å². The van der Waals surface area contributed by atoms with Crippen LogP contribution < -0.4 is 4.90 Å². The van der Waals surface area contributed by atoms with E-state index >= 15 is 0 Å². The molecule has 1 aliphatic carbocycles. The number of likely N-dealkylation sites (tertiary alicyclic amines) is 1. The Kier molecular flexibility index (Phi) is 5.05. The molecule has 0 unspecified atom stereocenters. The van der Waals surface area contributed by atoms with Gasteiger partial charge in [-0.05, 0) is 56.6 Å². The van der Waals surface area contributed by atoms with Gasteiger partial charge >= 0.3 is 0 Å². The molecule has 27 heavy (non-hydrogen) atoms. The van der Waals surface area contributed by atoms with E-state index in [0.717, 1.165) is 56.7 Å². The van der Waals surface area contributed by atoms with Crippen molar-refractivity contribution < 1.29 is 9.90 Å². The van der Waals surface area contributed by atoms with Gasteiger partial charge in [0.05, 0.1) is 12.2 Å². The number of nitriles is 1. The van der Waals surface area contributed by atoms with Crippen molar-refractivity contribution in [3.05, 3.63) is 22.9 Å². The molecule has 2 fully saturated rings. The van der Waals surface area contributed by atoms with Gasteiger partial charge in [-0.15, -0.1) is 0 Å². The van der Waals surface area contributed by atoms with Crippen molar-refractivity contribution in [1.82, 2.24) is 9.88 Å². The van der Waals surface area contributed by atoms with Crippen molar-refractivity contribution in [3.63, 3.8) is 0 Å². The number of fused-ring (bicyclic) bond motifs is 1. The quantitative estimate of drug-likeness (QED) is 0.883. The van der Waals surface area contributed by atoms with Crippen LogP contribution in [0.5, 0.6) is 0 Å². The number of piperidine rings is 2. The molecule has 6 heteroatoms. The number of hydrogen-bond acceptors (Lipinski definition) is 5. The lowest BCUT2D eigenvalue weighted by molar-refractivity contribution is -0.138. The standard InChI is InChI=1S/C21H28N4O2/c22-13-17-12-16-4-1-2-5-18(16)23-20(17)25-9-3-7-21(15-25)8-6-19(27)24(14-21)10-11-26/h12,26H,1-11,14-15H2/t21-/m1/s1. The molecule has 0 aromatic carbocycles. The topological polar surface area (TPSA) is 80.5 Å². The summed E-state index contributed by atoms with van der Waals surface area (Å²) < 4.78 is 0. The lowest BCUT2D eigenvalue weighted by atomic mass is 9.73. The largest absolute Gasteiger partial charge is 0.395 e. The van der Waals surface area contributed by atoms with Gasteiger partial charge in [0.25, 0.3) is 0 Å². The number of rotatable bonds is 3. The number of aliphatic hydroxyl groups is 1. The Bertz CT molecular complexity index is 772. The van der Waals surface area contributed by atoms with E-state index in [0.29, 0.717) is 25.1 Å². The number of carbonyl (C=O) groups is 1. The molecular formula is C21H28N4O2. The zero-order chi connectivity index (χ0) is 18.9. The van der Waals surface area contributed by atoms with Gasteiger partial charge in [-0.2, -0.15) is 5.26 Å². The van der Waals surface area contributed by atoms with Gasteiger partial charge < -0.3 is 14.9 Å². The third-order valence-corrected chi connectivity index (χ3v) is 6.48. The van der Waals surface area contributed by atoms with Gasteiger partial charge in [-0.1, -0.05) is 0 Å². The van der Waals surface area contributed by atoms with E-state index in [2.05, 4.69) is 17.0 Å². The van der Waals surface area contributed by atoms with E-state index in [4.69, 9.17) is 4.98 Å². The minimum Gasteiger partial charge on any atom is -0.395 e. The summed E-state index contributed by atoms with van der Waals surface area (Å²) in [5.41, 5.74) is 3.14. The lowest BCUT2D eigenvalue weighted by Crippen LogP contribution is -2.54. The number of aromatic nitrogens is 1. The Labute approximate surface area is 160 Å². The van der Waals surface area contributed by atoms with Gasteiger partial charge in [0.2, 0.25) is 5.91 Å². The minimum absolute atomic E-state index is 0.0104. The van der Waals surface area contributed by atoms with E-state index in [-0.39, 0.29) is 17.9 Å². The molecule has 1 atom stereocenters. The van der Waals surface area contributed by atoms with Crippen LogP contribution in [0, 0.1) is 16.7 Å². The van der Waals surface area contributed by atoms with Gasteiger partial charge in [-0.25, -0.2) is 4.98 Å². The second-order valence-corrected chi connectivity index (χ2v) is 8.35. The fourth-order valence-corrected chi connectivity index (χ4v) is 5.09. The van der Waals surface area contributed by atoms with Crippen molar-refractivity contribution >= 4 is 11.7 Å². The highest BCUT2D eigenvalue weighted by molar-refractivity contribution is 5.77. The molecule has 144 valence electrons. The Morgan fingerprint density at radius 2 is 2.04 bits per heavy atom. The second-order valence-electron chi connectivity index (χ2n) is 8.35. The molecule has 4 rings (SSSR count). The third-order valence-electron chi connectivity index (χ3n) is 6.48. The Morgan fingerprint density at radius 3 is 2.85 bits per heavy atom. The smallest absolute Gasteiger partial charge is 0.222 e. The van der Waals surface area contributed by atoms with Crippen LogP contribution in [-0.2, 0) is 17.6 Å². The molecule has 0 saturated carbocycles. The Morgan fingerprint density at radius 1 is 1.19 bits per heavy atom. The number of nitrogens with zero attached hydrogens (tertiary/aromatic N) is 4. The zero-order valence-electron chi connectivity index (χ0n) is 15.9. The van der Waals surface area contributed by atoms with Crippen molar-refractivity contribution in [2.24, 2.45) is 5.41 Å². The van der Waals surface area contributed by atoms with Crippen LogP contribution in [0.2, 0.25) is 0 Å². The van der Waals surface area contributed by atoms with E-state index < -0.39 is 0 Å². The third kappa shape index (κ3) is 3.53. The molecule has 6 nitrogen and oxygen atoms in total. The number of anilines is 1. The molecular weight excluding hydrogens is 340 g/mol. The van der Waals surface area contributed by atoms with E-state index in [1.54, 1.807) is 0 Å². The molecule has 2 aliphatic heterocycles. The summed E-state index contributed by atoms with van der Waals surface area (Å²) in [6, 6.07) is 4.42. The summed E-state index contributed by atoms with van der Waals surface area (Å²) in [6.45, 7) is 2.88. The fraction of sp³-hybridized carbons (Fsp3) is 0.667. The van der Waals surface area contributed by atoms with E-state index in [1.807, 2.05) is 4.90 Å². The first-order chi connectivity index (χ1) is 13.1. The molecule has 1 aromatic rings. The van der Waals surface area contributed by atoms with Gasteiger partial charge in [0.15, 0.2) is 0 Å². The highest BCUT2D eigenvalue weighted by Gasteiger charge is 2.42. The van der Waals surface area contributed by atoms with Crippen LogP contribution in [0.3, 0.4) is 0 Å². The summed E-state index contributed by atoms with van der Waals surface area (Å²) in [4.78, 5) is 21.2. The van der Waals surface area contributed by atoms with Crippen molar-refractivity contribution in [1.29, 1.82) is 5.26 Å². The summed E-state index contributed by atoms with van der Waals surface area (Å²) in [7, 11) is 0. The maximum absolute atomic E-state index is 12.2. The zero-order valence-corrected chi connectivity index (χ0v) is 15.9. The maximum atomic E-state index is 12.2. The SMILES string of the molecule is N#Cc1cc2c(nc1N1CCC[C@]3(CCC(=O)N(CCO)C3)C1)CCCC2. The van der Waals surface area contributed by atoms with Crippen LogP contribution >= 0.6 is 0 Å². The van der Waals surface area contributed by atoms with Crippen LogP contribution in [0.1, 0.15) is 55.3 Å². The fourth-order valence-electron chi connectivity index (χ4n) is 5.09. The molecule has 0 bridgehead atoms. The van der Waals surface area contributed by atoms with Gasteiger partial charge in [-0.3, -0.25) is 4.79 Å². The van der Waals surface area contributed by atoms with Crippen LogP contribution in [-0.4, -0.2) is 53.7 Å². The number of hydrogen-bond donors (Lipinski definition) is 1. The monoisotopic (exact) mass is 368 g/mol. The number of pyridine rings is 1. The normalized spacial score (nSPS) is 25.4. The minimum atomic E-state index is 0.0104. The summed E-state index contributed by atoms with van der Waals surface area (Å²) in [6.07, 6.45) is 7.96. The van der Waals surface area contributed by atoms with Crippen molar-refractivity contribution in [2.75, 3.05) is 37.7 Å². The van der Waals surface area contributed by atoms with Crippen LogP contribution in [0.4, 0.5) is 5.82 Å². The molecule has 1 amide bonds. The predicted octanol–water partition coefficient (Wildman–Crippen LogP) is 2.03. The molecule has 3 aliphatic rings. The first-order valence-corrected chi connectivity index (χ1v) is 10.2. The number of aryl methyl sites for hydroxylation is 2. The van der Waals surface area contributed by atoms with Crippen molar-refractivity contribution in [3.8, 4) is 6.07 Å². The van der Waals surface area contributed by atoms with Crippen molar-refractivity contribution in [2.45, 2.75) is 51.4 Å². The summed E-state index contributed by atoms with van der Waals surface area (Å²) in [5, 5.41) is 19.0. The molecule has 1 spiro atoms. The summed E-state index contributed by atoms with van der Waals surface area (Å²) in [5.74, 6) is 0.985. The molecule has 2 saturated heterocycles. The molecule has 3 heterocycles. The highest BCUT2D eigenvalue weighted by atomic mass is 16.3. The first kappa shape index (κ1) is 18.2. The first-order valence-electron chi connectivity index (χ1n) is 10.2. The molecule has 1 N–H and O–H groups in total. The Balaban J connectivity index is 1.60. The number of aliphatic hydroxyl groups excluding tert-OH is 1. The average Bonchev–Trinajstić information content (AvgIpc) is 2.70. The molecule has 1 aromatic heterocycles. The number of amides is 1. The van der Waals surface area contributed by atoms with Gasteiger partial charge in [0.1, 0.15) is 11.9 Å².